The molecule has 0 spiro atoms. The predicted octanol–water partition coefficient (Wildman–Crippen LogP) is 3.06. The van der Waals surface area contributed by atoms with Crippen LogP contribution in [0.1, 0.15) is 53.3 Å². The lowest BCUT2D eigenvalue weighted by Crippen LogP contribution is -2.41. The van der Waals surface area contributed by atoms with Gasteiger partial charge in [-0.1, -0.05) is 31.5 Å². The van der Waals surface area contributed by atoms with Gasteiger partial charge in [0.05, 0.1) is 12.2 Å². The molecular weight excluding hydrogens is 358 g/mol. The van der Waals surface area contributed by atoms with Crippen LogP contribution in [-0.4, -0.2) is 36.5 Å². The highest BCUT2D eigenvalue weighted by Crippen LogP contribution is 2.18. The van der Waals surface area contributed by atoms with Gasteiger partial charge in [-0.15, -0.1) is 11.3 Å². The van der Waals surface area contributed by atoms with Gasteiger partial charge in [0.15, 0.2) is 5.96 Å². The number of hydrogen-bond acceptors (Lipinski definition) is 4. The van der Waals surface area contributed by atoms with E-state index in [-0.39, 0.29) is 5.91 Å². The van der Waals surface area contributed by atoms with Gasteiger partial charge in [-0.05, 0) is 31.9 Å². The van der Waals surface area contributed by atoms with Crippen LogP contribution in [0.5, 0.6) is 0 Å². The van der Waals surface area contributed by atoms with Crippen LogP contribution in [-0.2, 0) is 6.54 Å². The molecule has 27 heavy (non-hydrogen) atoms. The molecule has 0 aliphatic heterocycles. The zero-order valence-electron chi connectivity index (χ0n) is 16.5. The first-order chi connectivity index (χ1) is 13.0. The highest BCUT2D eigenvalue weighted by Gasteiger charge is 2.07. The smallest absolute Gasteiger partial charge is 0.251 e. The Labute approximate surface area is 165 Å². The maximum absolute atomic E-state index is 12.1. The Morgan fingerprint density at radius 2 is 2.00 bits per heavy atom. The molecule has 6 nitrogen and oxygen atoms in total. The maximum Gasteiger partial charge on any atom is 0.251 e. The van der Waals surface area contributed by atoms with Crippen molar-refractivity contribution in [2.24, 2.45) is 4.99 Å². The van der Waals surface area contributed by atoms with Gasteiger partial charge in [-0.2, -0.15) is 0 Å². The minimum Gasteiger partial charge on any atom is -0.357 e. The number of rotatable bonds is 8. The van der Waals surface area contributed by atoms with Crippen LogP contribution in [0.2, 0.25) is 0 Å². The third kappa shape index (κ3) is 7.02. The summed E-state index contributed by atoms with van der Waals surface area (Å²) >= 11 is 1.64. The van der Waals surface area contributed by atoms with Gasteiger partial charge >= 0.3 is 0 Å². The number of thiazole rings is 1. The van der Waals surface area contributed by atoms with Gasteiger partial charge in [-0.3, -0.25) is 4.79 Å². The number of nitrogens with one attached hydrogen (secondary N) is 3. The van der Waals surface area contributed by atoms with Gasteiger partial charge < -0.3 is 16.0 Å². The van der Waals surface area contributed by atoms with Gasteiger partial charge in [0.1, 0.15) is 5.01 Å². The summed E-state index contributed by atoms with van der Waals surface area (Å²) in [6.07, 6.45) is 0. The van der Waals surface area contributed by atoms with Crippen LogP contribution in [0.25, 0.3) is 0 Å². The standard InChI is InChI=1S/C20H29N5OS/c1-5-21-20(24-12-18-25-17(13-27-18)14(2)3)23-10-9-22-19(26)16-8-6-7-15(4)11-16/h6-8,11,13-14H,5,9-10,12H2,1-4H3,(H,22,26)(H2,21,23,24). The monoisotopic (exact) mass is 387 g/mol. The fourth-order valence-electron chi connectivity index (χ4n) is 2.40. The summed E-state index contributed by atoms with van der Waals surface area (Å²) in [7, 11) is 0. The summed E-state index contributed by atoms with van der Waals surface area (Å²) in [4.78, 5) is 21.3. The average Bonchev–Trinajstić information content (AvgIpc) is 3.12. The maximum atomic E-state index is 12.1. The fourth-order valence-corrected chi connectivity index (χ4v) is 3.28. The number of aryl methyl sites for hydroxylation is 1. The van der Waals surface area contributed by atoms with Crippen LogP contribution in [0.3, 0.4) is 0 Å². The molecule has 1 aromatic carbocycles. The molecule has 1 amide bonds. The Morgan fingerprint density at radius 1 is 1.22 bits per heavy atom. The second-order valence-electron chi connectivity index (χ2n) is 6.57. The van der Waals surface area contributed by atoms with E-state index in [1.807, 2.05) is 38.1 Å². The molecule has 1 aromatic heterocycles. The summed E-state index contributed by atoms with van der Waals surface area (Å²) in [6.45, 7) is 10.7. The molecule has 2 aromatic rings. The summed E-state index contributed by atoms with van der Waals surface area (Å²) in [5.74, 6) is 1.09. The van der Waals surface area contributed by atoms with E-state index in [2.05, 4.69) is 45.2 Å². The van der Waals surface area contributed by atoms with E-state index in [1.54, 1.807) is 11.3 Å². The highest BCUT2D eigenvalue weighted by atomic mass is 32.1. The quantitative estimate of drug-likeness (QED) is 0.370. The molecule has 7 heteroatoms. The number of aromatic nitrogens is 1. The first kappa shape index (κ1) is 20.9. The van der Waals surface area contributed by atoms with Crippen molar-refractivity contribution in [2.75, 3.05) is 19.6 Å². The molecule has 0 saturated heterocycles. The third-order valence-corrected chi connectivity index (χ3v) is 4.71. The minimum absolute atomic E-state index is 0.0635. The minimum atomic E-state index is -0.0635. The van der Waals surface area contributed by atoms with Crippen LogP contribution < -0.4 is 16.0 Å². The fraction of sp³-hybridized carbons (Fsp3) is 0.450. The second kappa shape index (κ2) is 10.7. The summed E-state index contributed by atoms with van der Waals surface area (Å²) in [6, 6.07) is 7.57. The Kier molecular flexibility index (Phi) is 8.26. The largest absolute Gasteiger partial charge is 0.357 e. The SMILES string of the molecule is CCNC(=NCc1nc(C(C)C)cs1)NCCNC(=O)c1cccc(C)c1. The van der Waals surface area contributed by atoms with E-state index < -0.39 is 0 Å². The molecular formula is C20H29N5OS. The van der Waals surface area contributed by atoms with E-state index in [0.29, 0.717) is 31.1 Å². The molecule has 0 aliphatic carbocycles. The first-order valence-corrected chi connectivity index (χ1v) is 10.2. The molecule has 1 heterocycles. The Morgan fingerprint density at radius 3 is 2.67 bits per heavy atom. The Bertz CT molecular complexity index is 769. The molecule has 146 valence electrons. The number of benzene rings is 1. The lowest BCUT2D eigenvalue weighted by atomic mass is 10.1. The van der Waals surface area contributed by atoms with E-state index in [4.69, 9.17) is 0 Å². The Hall–Kier alpha value is -2.41. The van der Waals surface area contributed by atoms with Crippen molar-refractivity contribution < 1.29 is 4.79 Å². The molecule has 2 rings (SSSR count). The van der Waals surface area contributed by atoms with Crippen LogP contribution >= 0.6 is 11.3 Å². The number of carbonyl (C=O) groups excluding carboxylic acids is 1. The number of hydrogen-bond donors (Lipinski definition) is 3. The van der Waals surface area contributed by atoms with Crippen LogP contribution in [0.15, 0.2) is 34.6 Å². The van der Waals surface area contributed by atoms with Crippen molar-refractivity contribution in [3.63, 3.8) is 0 Å². The van der Waals surface area contributed by atoms with E-state index in [0.717, 1.165) is 28.8 Å². The van der Waals surface area contributed by atoms with E-state index in [9.17, 15) is 4.79 Å². The molecule has 0 fully saturated rings. The zero-order chi connectivity index (χ0) is 19.6. The van der Waals surface area contributed by atoms with Crippen molar-refractivity contribution in [3.05, 3.63) is 51.5 Å². The molecule has 0 unspecified atom stereocenters. The second-order valence-corrected chi connectivity index (χ2v) is 7.51. The number of nitrogens with zero attached hydrogens (tertiary/aromatic N) is 2. The average molecular weight is 388 g/mol. The van der Waals surface area contributed by atoms with Crippen molar-refractivity contribution in [2.45, 2.75) is 40.2 Å². The third-order valence-electron chi connectivity index (χ3n) is 3.86. The van der Waals surface area contributed by atoms with Crippen LogP contribution in [0.4, 0.5) is 0 Å². The normalized spacial score (nSPS) is 11.5. The van der Waals surface area contributed by atoms with Crippen LogP contribution in [0, 0.1) is 6.92 Å². The molecule has 0 aliphatic rings. The lowest BCUT2D eigenvalue weighted by Gasteiger charge is -2.11. The summed E-state index contributed by atoms with van der Waals surface area (Å²) in [5.41, 5.74) is 2.87. The van der Waals surface area contributed by atoms with E-state index >= 15 is 0 Å². The zero-order valence-corrected chi connectivity index (χ0v) is 17.3. The topological polar surface area (TPSA) is 78.4 Å². The number of amides is 1. The molecule has 0 atom stereocenters. The lowest BCUT2D eigenvalue weighted by molar-refractivity contribution is 0.0954. The molecule has 0 saturated carbocycles. The molecule has 3 N–H and O–H groups in total. The first-order valence-electron chi connectivity index (χ1n) is 9.31. The number of aliphatic imine (C=N–C) groups is 1. The summed E-state index contributed by atoms with van der Waals surface area (Å²) < 4.78 is 0. The van der Waals surface area contributed by atoms with Crippen molar-refractivity contribution in [1.29, 1.82) is 0 Å². The van der Waals surface area contributed by atoms with Crippen molar-refractivity contribution >= 4 is 23.2 Å². The van der Waals surface area contributed by atoms with E-state index in [1.165, 1.54) is 0 Å². The molecule has 0 radical (unpaired) electrons. The van der Waals surface area contributed by atoms with Gasteiger partial charge in [-0.25, -0.2) is 9.98 Å². The number of carbonyl (C=O) groups is 1. The van der Waals surface area contributed by atoms with Gasteiger partial charge in [0, 0.05) is 30.6 Å². The highest BCUT2D eigenvalue weighted by molar-refractivity contribution is 7.09. The Balaban J connectivity index is 1.80. The van der Waals surface area contributed by atoms with Gasteiger partial charge in [0.25, 0.3) is 5.91 Å². The predicted molar refractivity (Wildman–Crippen MR) is 113 cm³/mol. The number of guanidine groups is 1. The van der Waals surface area contributed by atoms with Gasteiger partial charge in [0.2, 0.25) is 0 Å². The molecule has 0 bridgehead atoms. The summed E-state index contributed by atoms with van der Waals surface area (Å²) in [5, 5.41) is 12.5. The van der Waals surface area contributed by atoms with Crippen molar-refractivity contribution in [3.8, 4) is 0 Å². The van der Waals surface area contributed by atoms with Crippen molar-refractivity contribution in [1.82, 2.24) is 20.9 Å².